The van der Waals surface area contributed by atoms with E-state index in [2.05, 4.69) is 0 Å². The van der Waals surface area contributed by atoms with Crippen molar-refractivity contribution in [2.45, 2.75) is 13.5 Å². The highest BCUT2D eigenvalue weighted by atomic mass is 16.5. The number of carbonyl (C=O) groups is 1. The Morgan fingerprint density at radius 2 is 1.56 bits per heavy atom. The Bertz CT molecular complexity index is 862. The molecule has 0 aliphatic rings. The summed E-state index contributed by atoms with van der Waals surface area (Å²) in [7, 11) is 0. The summed E-state index contributed by atoms with van der Waals surface area (Å²) in [4.78, 5) is 12.3. The summed E-state index contributed by atoms with van der Waals surface area (Å²) in [5.41, 5.74) is 3.83. The molecule has 0 fully saturated rings. The zero-order valence-corrected chi connectivity index (χ0v) is 14.2. The number of ether oxygens (including phenoxy) is 1. The Hall–Kier alpha value is -3.13. The number of benzene rings is 3. The Morgan fingerprint density at radius 1 is 0.880 bits per heavy atom. The Morgan fingerprint density at radius 3 is 2.28 bits per heavy atom. The van der Waals surface area contributed by atoms with Gasteiger partial charge in [0.25, 0.3) is 0 Å². The minimum Gasteiger partial charge on any atom is -0.489 e. The van der Waals surface area contributed by atoms with E-state index >= 15 is 0 Å². The van der Waals surface area contributed by atoms with E-state index in [1.807, 2.05) is 91.9 Å². The molecule has 3 rings (SSSR count). The summed E-state index contributed by atoms with van der Waals surface area (Å²) >= 11 is 0. The topological polar surface area (TPSA) is 26.3 Å². The molecule has 0 spiro atoms. The van der Waals surface area contributed by atoms with Crippen LogP contribution in [-0.4, -0.2) is 5.78 Å². The van der Waals surface area contributed by atoms with Crippen molar-refractivity contribution in [3.05, 3.63) is 107 Å². The average Bonchev–Trinajstić information content (AvgIpc) is 2.66. The van der Waals surface area contributed by atoms with E-state index in [9.17, 15) is 4.79 Å². The lowest BCUT2D eigenvalue weighted by Crippen LogP contribution is -1.97. The Balaban J connectivity index is 1.60. The van der Waals surface area contributed by atoms with E-state index in [0.717, 1.165) is 28.0 Å². The van der Waals surface area contributed by atoms with E-state index in [1.165, 1.54) is 0 Å². The van der Waals surface area contributed by atoms with Gasteiger partial charge in [-0.3, -0.25) is 4.79 Å². The minimum atomic E-state index is 0.0162. The Labute approximate surface area is 148 Å². The highest BCUT2D eigenvalue weighted by Gasteiger charge is 2.04. The second-order valence-electron chi connectivity index (χ2n) is 5.86. The molecule has 0 unspecified atom stereocenters. The third-order valence-corrected chi connectivity index (χ3v) is 3.97. The highest BCUT2D eigenvalue weighted by molar-refractivity contribution is 6.07. The van der Waals surface area contributed by atoms with Gasteiger partial charge in [0, 0.05) is 5.56 Å². The molecule has 0 saturated heterocycles. The molecule has 0 aliphatic carbocycles. The largest absolute Gasteiger partial charge is 0.489 e. The fraction of sp³-hybridized carbons (Fsp3) is 0.0870. The van der Waals surface area contributed by atoms with Gasteiger partial charge in [0.15, 0.2) is 5.78 Å². The van der Waals surface area contributed by atoms with Crippen LogP contribution < -0.4 is 4.74 Å². The van der Waals surface area contributed by atoms with E-state index in [-0.39, 0.29) is 5.78 Å². The van der Waals surface area contributed by atoms with Gasteiger partial charge in [0.2, 0.25) is 0 Å². The molecular formula is C23H20O2. The van der Waals surface area contributed by atoms with Crippen LogP contribution in [0.5, 0.6) is 5.75 Å². The van der Waals surface area contributed by atoms with Gasteiger partial charge in [0.05, 0.1) is 0 Å². The van der Waals surface area contributed by atoms with Crippen LogP contribution in [0.1, 0.15) is 27.0 Å². The van der Waals surface area contributed by atoms with Crippen molar-refractivity contribution in [3.63, 3.8) is 0 Å². The second-order valence-corrected chi connectivity index (χ2v) is 5.86. The summed E-state index contributed by atoms with van der Waals surface area (Å²) < 4.78 is 5.77. The van der Waals surface area contributed by atoms with Gasteiger partial charge in [-0.2, -0.15) is 0 Å². The molecule has 0 N–H and O–H groups in total. The number of allylic oxidation sites excluding steroid dienone is 1. The fourth-order valence-corrected chi connectivity index (χ4v) is 2.53. The Kier molecular flexibility index (Phi) is 5.43. The summed E-state index contributed by atoms with van der Waals surface area (Å²) in [5.74, 6) is 0.828. The molecule has 0 aliphatic heterocycles. The molecule has 0 saturated carbocycles. The quantitative estimate of drug-likeness (QED) is 0.443. The number of ketones is 1. The minimum absolute atomic E-state index is 0.0162. The summed E-state index contributed by atoms with van der Waals surface area (Å²) in [5, 5.41) is 0. The summed E-state index contributed by atoms with van der Waals surface area (Å²) in [6.45, 7) is 2.49. The second kappa shape index (κ2) is 8.11. The van der Waals surface area contributed by atoms with Gasteiger partial charge < -0.3 is 4.74 Å². The molecule has 0 bridgehead atoms. The molecular weight excluding hydrogens is 308 g/mol. The first-order valence-electron chi connectivity index (χ1n) is 8.27. The molecule has 3 aromatic rings. The monoisotopic (exact) mass is 328 g/mol. The van der Waals surface area contributed by atoms with Crippen LogP contribution in [0, 0.1) is 6.92 Å². The van der Waals surface area contributed by atoms with Gasteiger partial charge in [-0.15, -0.1) is 0 Å². The maximum Gasteiger partial charge on any atom is 0.186 e. The van der Waals surface area contributed by atoms with Crippen molar-refractivity contribution in [3.8, 4) is 5.75 Å². The van der Waals surface area contributed by atoms with Gasteiger partial charge in [0.1, 0.15) is 12.4 Å². The number of aryl methyl sites for hydroxylation is 1. The molecule has 25 heavy (non-hydrogen) atoms. The summed E-state index contributed by atoms with van der Waals surface area (Å²) in [6, 6.07) is 25.4. The normalized spacial score (nSPS) is 10.8. The maximum atomic E-state index is 12.3. The predicted molar refractivity (Wildman–Crippen MR) is 102 cm³/mol. The van der Waals surface area contributed by atoms with Gasteiger partial charge in [-0.05, 0) is 41.8 Å². The van der Waals surface area contributed by atoms with Gasteiger partial charge >= 0.3 is 0 Å². The first-order valence-corrected chi connectivity index (χ1v) is 8.27. The number of carbonyl (C=O) groups excluding carboxylic acids is 1. The lowest BCUT2D eigenvalue weighted by molar-refractivity contribution is 0.104. The molecule has 2 heteroatoms. The molecule has 0 radical (unpaired) electrons. The van der Waals surface area contributed by atoms with Crippen LogP contribution in [0.4, 0.5) is 0 Å². The zero-order chi connectivity index (χ0) is 17.5. The first-order chi connectivity index (χ1) is 12.2. The predicted octanol–water partition coefficient (Wildman–Crippen LogP) is 5.47. The highest BCUT2D eigenvalue weighted by Crippen LogP contribution is 2.16. The first kappa shape index (κ1) is 16.7. The average molecular weight is 328 g/mol. The maximum absolute atomic E-state index is 12.3. The molecule has 0 atom stereocenters. The SMILES string of the molecule is Cc1ccccc1C(=O)/C=C/c1ccc(OCc2ccccc2)cc1. The van der Waals surface area contributed by atoms with Crippen LogP contribution >= 0.6 is 0 Å². The molecule has 0 aromatic heterocycles. The lowest BCUT2D eigenvalue weighted by Gasteiger charge is -2.06. The van der Waals surface area contributed by atoms with Crippen molar-refractivity contribution in [1.29, 1.82) is 0 Å². The van der Waals surface area contributed by atoms with Gasteiger partial charge in [-0.1, -0.05) is 72.8 Å². The lowest BCUT2D eigenvalue weighted by atomic mass is 10.0. The van der Waals surface area contributed by atoms with Gasteiger partial charge in [-0.25, -0.2) is 0 Å². The van der Waals surface area contributed by atoms with Crippen molar-refractivity contribution in [1.82, 2.24) is 0 Å². The zero-order valence-electron chi connectivity index (χ0n) is 14.2. The number of rotatable bonds is 6. The van der Waals surface area contributed by atoms with Crippen LogP contribution in [0.15, 0.2) is 84.9 Å². The van der Waals surface area contributed by atoms with Crippen LogP contribution in [0.2, 0.25) is 0 Å². The molecule has 2 nitrogen and oxygen atoms in total. The van der Waals surface area contributed by atoms with E-state index in [1.54, 1.807) is 6.08 Å². The van der Waals surface area contributed by atoms with Crippen molar-refractivity contribution < 1.29 is 9.53 Å². The number of hydrogen-bond donors (Lipinski definition) is 0. The van der Waals surface area contributed by atoms with Crippen LogP contribution in [0.25, 0.3) is 6.08 Å². The van der Waals surface area contributed by atoms with E-state index < -0.39 is 0 Å². The van der Waals surface area contributed by atoms with E-state index in [4.69, 9.17) is 4.74 Å². The molecule has 124 valence electrons. The van der Waals surface area contributed by atoms with E-state index in [0.29, 0.717) is 6.61 Å². The number of hydrogen-bond acceptors (Lipinski definition) is 2. The fourth-order valence-electron chi connectivity index (χ4n) is 2.53. The standard InChI is InChI=1S/C23H20O2/c1-18-7-5-6-10-22(18)23(24)16-13-19-11-14-21(15-12-19)25-17-20-8-3-2-4-9-20/h2-16H,17H2,1H3/b16-13+. The van der Waals surface area contributed by atoms with Crippen molar-refractivity contribution in [2.24, 2.45) is 0 Å². The smallest absolute Gasteiger partial charge is 0.186 e. The molecule has 0 amide bonds. The molecule has 3 aromatic carbocycles. The van der Waals surface area contributed by atoms with Crippen molar-refractivity contribution >= 4 is 11.9 Å². The van der Waals surface area contributed by atoms with Crippen LogP contribution in [0.3, 0.4) is 0 Å². The van der Waals surface area contributed by atoms with Crippen LogP contribution in [-0.2, 0) is 6.61 Å². The third-order valence-electron chi connectivity index (χ3n) is 3.97. The van der Waals surface area contributed by atoms with Crippen molar-refractivity contribution in [2.75, 3.05) is 0 Å². The summed E-state index contributed by atoms with van der Waals surface area (Å²) in [6.07, 6.45) is 3.44. The molecule has 0 heterocycles. The third kappa shape index (κ3) is 4.67.